The van der Waals surface area contributed by atoms with Gasteiger partial charge < -0.3 is 26.0 Å². The van der Waals surface area contributed by atoms with Gasteiger partial charge in [0.15, 0.2) is 0 Å². The van der Waals surface area contributed by atoms with Gasteiger partial charge in [-0.15, -0.1) is 0 Å². The minimum absolute atomic E-state index is 0.144. The summed E-state index contributed by atoms with van der Waals surface area (Å²) in [5, 5.41) is 24.0. The molecule has 0 bridgehead atoms. The number of nitrogens with one attached hydrogen (secondary N) is 3. The Kier molecular flexibility index (Phi) is 6.20. The van der Waals surface area contributed by atoms with Crippen molar-refractivity contribution in [2.24, 2.45) is 0 Å². The van der Waals surface area contributed by atoms with Gasteiger partial charge in [-0.05, 0) is 63.3 Å². The Labute approximate surface area is 167 Å². The third-order valence-corrected chi connectivity index (χ3v) is 5.44. The first-order valence-corrected chi connectivity index (χ1v) is 10.1. The van der Waals surface area contributed by atoms with Crippen molar-refractivity contribution in [2.75, 3.05) is 19.6 Å². The van der Waals surface area contributed by atoms with Crippen LogP contribution in [0, 0.1) is 12.3 Å². The highest BCUT2D eigenvalue weighted by atomic mass is 16.3. The molecule has 1 fully saturated rings. The fourth-order valence-electron chi connectivity index (χ4n) is 4.06. The lowest BCUT2D eigenvalue weighted by Crippen LogP contribution is -2.39. The smallest absolute Gasteiger partial charge is 0.257 e. The summed E-state index contributed by atoms with van der Waals surface area (Å²) in [6.07, 6.45) is 5.78. The topological polar surface area (TPSA) is 88.5 Å². The standard InChI is InChI=1S/C22H32N4O2/c1-15-9-16-6-8-26(13-19(16)18(10-15)20-5-4-7-25-20)21(27)17(11-23)12-24-14-22(2,3)28/h9-12,20,23-25,28H,4-8,13-14H2,1-3H3/b17-12+,23-11?/t20-/m0/s1. The van der Waals surface area contributed by atoms with Gasteiger partial charge in [-0.1, -0.05) is 17.7 Å². The van der Waals surface area contributed by atoms with Crippen LogP contribution in [0.5, 0.6) is 0 Å². The van der Waals surface area contributed by atoms with E-state index < -0.39 is 5.60 Å². The minimum atomic E-state index is -0.877. The number of carbonyl (C=O) groups is 1. The molecule has 28 heavy (non-hydrogen) atoms. The zero-order valence-corrected chi connectivity index (χ0v) is 17.1. The van der Waals surface area contributed by atoms with Crippen molar-refractivity contribution in [3.8, 4) is 0 Å². The van der Waals surface area contributed by atoms with Crippen LogP contribution in [-0.4, -0.2) is 47.4 Å². The van der Waals surface area contributed by atoms with Crippen LogP contribution < -0.4 is 10.6 Å². The largest absolute Gasteiger partial charge is 0.389 e. The van der Waals surface area contributed by atoms with Crippen molar-refractivity contribution in [3.05, 3.63) is 46.2 Å². The molecule has 1 aromatic rings. The number of nitrogens with zero attached hydrogens (tertiary/aromatic N) is 1. The van der Waals surface area contributed by atoms with Crippen molar-refractivity contribution < 1.29 is 9.90 Å². The molecular weight excluding hydrogens is 352 g/mol. The molecule has 1 amide bonds. The number of aliphatic hydroxyl groups is 1. The number of amides is 1. The van der Waals surface area contributed by atoms with E-state index in [2.05, 4.69) is 29.7 Å². The van der Waals surface area contributed by atoms with Gasteiger partial charge in [0.05, 0.1) is 11.2 Å². The third-order valence-electron chi connectivity index (χ3n) is 5.44. The lowest BCUT2D eigenvalue weighted by atomic mass is 9.88. The summed E-state index contributed by atoms with van der Waals surface area (Å²) in [5.41, 5.74) is 4.63. The van der Waals surface area contributed by atoms with E-state index >= 15 is 0 Å². The van der Waals surface area contributed by atoms with E-state index in [1.54, 1.807) is 13.8 Å². The van der Waals surface area contributed by atoms with Gasteiger partial charge in [-0.25, -0.2) is 0 Å². The number of aryl methyl sites for hydroxylation is 1. The highest BCUT2D eigenvalue weighted by Gasteiger charge is 2.28. The fourth-order valence-corrected chi connectivity index (χ4v) is 4.06. The summed E-state index contributed by atoms with van der Waals surface area (Å²) in [4.78, 5) is 14.8. The average molecular weight is 385 g/mol. The van der Waals surface area contributed by atoms with Crippen molar-refractivity contribution in [2.45, 2.75) is 58.2 Å². The summed E-state index contributed by atoms with van der Waals surface area (Å²) >= 11 is 0. The second-order valence-corrected chi connectivity index (χ2v) is 8.55. The molecule has 0 saturated carbocycles. The Bertz CT molecular complexity index is 773. The Morgan fingerprint density at radius 2 is 2.25 bits per heavy atom. The second-order valence-electron chi connectivity index (χ2n) is 8.55. The molecule has 2 aliphatic rings. The van der Waals surface area contributed by atoms with E-state index in [1.165, 1.54) is 34.9 Å². The average Bonchev–Trinajstić information content (AvgIpc) is 3.17. The maximum absolute atomic E-state index is 13.0. The maximum Gasteiger partial charge on any atom is 0.257 e. The Morgan fingerprint density at radius 3 is 2.89 bits per heavy atom. The molecule has 6 heteroatoms. The van der Waals surface area contributed by atoms with Gasteiger partial charge in [0.1, 0.15) is 0 Å². The first-order valence-electron chi connectivity index (χ1n) is 10.1. The summed E-state index contributed by atoms with van der Waals surface area (Å²) in [5.74, 6) is -0.144. The first-order chi connectivity index (χ1) is 13.3. The number of rotatable bonds is 6. The molecule has 0 unspecified atom stereocenters. The highest BCUT2D eigenvalue weighted by molar-refractivity contribution is 6.11. The van der Waals surface area contributed by atoms with Crippen molar-refractivity contribution >= 4 is 12.1 Å². The quantitative estimate of drug-likeness (QED) is 0.447. The molecule has 1 saturated heterocycles. The zero-order chi connectivity index (χ0) is 20.3. The molecule has 0 radical (unpaired) electrons. The molecule has 2 heterocycles. The van der Waals surface area contributed by atoms with Crippen LogP contribution in [-0.2, 0) is 17.8 Å². The van der Waals surface area contributed by atoms with Crippen LogP contribution in [0.2, 0.25) is 0 Å². The van der Waals surface area contributed by atoms with Gasteiger partial charge in [0, 0.05) is 38.1 Å². The van der Waals surface area contributed by atoms with Crippen molar-refractivity contribution in [1.29, 1.82) is 5.41 Å². The maximum atomic E-state index is 13.0. The molecular formula is C22H32N4O2. The van der Waals surface area contributed by atoms with Crippen molar-refractivity contribution in [3.63, 3.8) is 0 Å². The summed E-state index contributed by atoms with van der Waals surface area (Å²) in [6.45, 7) is 8.13. The molecule has 1 atom stereocenters. The Morgan fingerprint density at radius 1 is 1.46 bits per heavy atom. The molecule has 3 rings (SSSR count). The van der Waals surface area contributed by atoms with E-state index in [9.17, 15) is 9.90 Å². The van der Waals surface area contributed by atoms with Crippen LogP contribution in [0.3, 0.4) is 0 Å². The molecule has 152 valence electrons. The molecule has 0 aliphatic carbocycles. The normalized spacial score (nSPS) is 20.1. The number of carbonyl (C=O) groups excluding carboxylic acids is 1. The van der Waals surface area contributed by atoms with Gasteiger partial charge in [0.25, 0.3) is 5.91 Å². The highest BCUT2D eigenvalue weighted by Crippen LogP contribution is 2.32. The molecule has 6 nitrogen and oxygen atoms in total. The monoisotopic (exact) mass is 384 g/mol. The predicted molar refractivity (Wildman–Crippen MR) is 111 cm³/mol. The van der Waals surface area contributed by atoms with Gasteiger partial charge in [-0.3, -0.25) is 4.79 Å². The molecule has 4 N–H and O–H groups in total. The van der Waals surface area contributed by atoms with Crippen LogP contribution in [0.1, 0.15) is 55.0 Å². The van der Waals surface area contributed by atoms with Crippen LogP contribution in [0.25, 0.3) is 0 Å². The first kappa shape index (κ1) is 20.6. The summed E-state index contributed by atoms with van der Waals surface area (Å²) < 4.78 is 0. The van der Waals surface area contributed by atoms with Gasteiger partial charge in [-0.2, -0.15) is 0 Å². The molecule has 2 aliphatic heterocycles. The Hall–Kier alpha value is -2.18. The van der Waals surface area contributed by atoms with Crippen LogP contribution in [0.15, 0.2) is 23.9 Å². The number of hydrogen-bond donors (Lipinski definition) is 4. The lowest BCUT2D eigenvalue weighted by molar-refractivity contribution is -0.127. The lowest BCUT2D eigenvalue weighted by Gasteiger charge is -2.32. The molecule has 0 aromatic heterocycles. The van der Waals surface area contributed by atoms with E-state index in [4.69, 9.17) is 5.41 Å². The summed E-state index contributed by atoms with van der Waals surface area (Å²) in [6, 6.07) is 4.87. The van der Waals surface area contributed by atoms with Crippen LogP contribution in [0.4, 0.5) is 0 Å². The fraction of sp³-hybridized carbons (Fsp3) is 0.545. The summed E-state index contributed by atoms with van der Waals surface area (Å²) in [7, 11) is 0. The van der Waals surface area contributed by atoms with E-state index in [1.807, 2.05) is 4.90 Å². The van der Waals surface area contributed by atoms with Crippen molar-refractivity contribution in [1.82, 2.24) is 15.5 Å². The van der Waals surface area contributed by atoms with E-state index in [0.29, 0.717) is 31.2 Å². The zero-order valence-electron chi connectivity index (χ0n) is 17.1. The predicted octanol–water partition coefficient (Wildman–Crippen LogP) is 2.20. The molecule has 1 aromatic carbocycles. The SMILES string of the molecule is Cc1cc2c(c([C@@H]3CCCN3)c1)CN(C(=O)/C(C=N)=C/NCC(C)(C)O)CC2. The minimum Gasteiger partial charge on any atom is -0.389 e. The Balaban J connectivity index is 1.79. The second kappa shape index (κ2) is 8.45. The van der Waals surface area contributed by atoms with Gasteiger partial charge in [0.2, 0.25) is 0 Å². The van der Waals surface area contributed by atoms with E-state index in [-0.39, 0.29) is 5.91 Å². The van der Waals surface area contributed by atoms with Crippen LogP contribution >= 0.6 is 0 Å². The number of fused-ring (bicyclic) bond motifs is 1. The van der Waals surface area contributed by atoms with Gasteiger partial charge >= 0.3 is 0 Å². The van der Waals surface area contributed by atoms with E-state index in [0.717, 1.165) is 25.6 Å². The third kappa shape index (κ3) is 4.80. The number of benzene rings is 1. The number of hydrogen-bond acceptors (Lipinski definition) is 5. The molecule has 0 spiro atoms.